The Balaban J connectivity index is 1.73. The fourth-order valence-corrected chi connectivity index (χ4v) is 3.81. The fourth-order valence-electron chi connectivity index (χ4n) is 3.81. The topological polar surface area (TPSA) is 181 Å². The minimum atomic E-state index is -1.75. The molecule has 1 aromatic carbocycles. The van der Waals surface area contributed by atoms with E-state index in [1.807, 2.05) is 0 Å². The van der Waals surface area contributed by atoms with Crippen LogP contribution < -0.4 is 14.8 Å². The number of nitrogens with one attached hydrogen (secondary N) is 1. The van der Waals surface area contributed by atoms with E-state index in [-0.39, 0.29) is 36.8 Å². The summed E-state index contributed by atoms with van der Waals surface area (Å²) in [6, 6.07) is 4.86. The molecule has 12 nitrogen and oxygen atoms in total. The van der Waals surface area contributed by atoms with E-state index in [2.05, 4.69) is 31.3 Å². The van der Waals surface area contributed by atoms with Crippen molar-refractivity contribution < 1.29 is 53.8 Å². The number of aliphatic hydroxyl groups excluding tert-OH is 4. The van der Waals surface area contributed by atoms with Gasteiger partial charge in [-0.1, -0.05) is 32.1 Å². The van der Waals surface area contributed by atoms with Gasteiger partial charge >= 0.3 is 11.9 Å². The molecule has 1 aromatic rings. The Labute approximate surface area is 233 Å². The van der Waals surface area contributed by atoms with Crippen molar-refractivity contribution >= 4 is 17.8 Å². The monoisotopic (exact) mass is 567 g/mol. The molecule has 2 rings (SSSR count). The van der Waals surface area contributed by atoms with Gasteiger partial charge in [0.1, 0.15) is 31.0 Å². The third kappa shape index (κ3) is 11.2. The average molecular weight is 568 g/mol. The van der Waals surface area contributed by atoms with Crippen molar-refractivity contribution in [1.29, 1.82) is 0 Å². The number of allylic oxidation sites excluding steroid dienone is 2. The van der Waals surface area contributed by atoms with Crippen molar-refractivity contribution in [2.75, 3.05) is 13.7 Å². The molecule has 0 spiro atoms. The molecule has 1 amide bonds. The SMILES string of the molecule is COc1cc(CNC(=O)CCCC/C=C/C(C)C)ccc1OC(=O)CCC(=O)OC[C@H]1OC(O)[C@@H](O)[C@@H](O)[C@@H]1O. The standard InChI is InChI=1S/C28H41NO11/c1-17(2)8-6-4-5-7-9-22(30)29-15-18-10-11-19(20(14-18)37-3)39-24(32)13-12-23(31)38-16-21-25(33)26(34)27(35)28(36)40-21/h6,8,10-11,14,17,21,25-28,33-36H,4-5,7,9,12-13,15-16H2,1-3H3,(H,29,30)/b8-6+/t21-,25-,26+,27+,28?/m1/s1. The van der Waals surface area contributed by atoms with Crippen molar-refractivity contribution in [2.24, 2.45) is 5.92 Å². The molecular weight excluding hydrogens is 526 g/mol. The molecule has 5 atom stereocenters. The van der Waals surface area contributed by atoms with Crippen LogP contribution in [-0.4, -0.2) is 82.7 Å². The van der Waals surface area contributed by atoms with Crippen LogP contribution in [0.1, 0.15) is 57.9 Å². The van der Waals surface area contributed by atoms with Crippen molar-refractivity contribution in [2.45, 2.75) is 89.6 Å². The van der Waals surface area contributed by atoms with E-state index in [9.17, 15) is 34.8 Å². The third-order valence-electron chi connectivity index (χ3n) is 6.12. The zero-order valence-corrected chi connectivity index (χ0v) is 23.2. The Bertz CT molecular complexity index is 996. The Morgan fingerprint density at radius 1 is 0.975 bits per heavy atom. The molecular formula is C28H41NO11. The minimum absolute atomic E-state index is 0.0521. The molecule has 0 bridgehead atoms. The molecule has 1 unspecified atom stereocenters. The Kier molecular flexibility index (Phi) is 14.0. The van der Waals surface area contributed by atoms with Crippen molar-refractivity contribution in [3.05, 3.63) is 35.9 Å². The summed E-state index contributed by atoms with van der Waals surface area (Å²) in [5.41, 5.74) is 0.753. The summed E-state index contributed by atoms with van der Waals surface area (Å²) >= 11 is 0. The first-order valence-corrected chi connectivity index (χ1v) is 13.4. The maximum Gasteiger partial charge on any atom is 0.311 e. The molecule has 0 aromatic heterocycles. The van der Waals surface area contributed by atoms with E-state index < -0.39 is 49.3 Å². The Morgan fingerprint density at radius 3 is 2.40 bits per heavy atom. The molecule has 0 aliphatic carbocycles. The first kappa shape index (κ1) is 33.2. The van der Waals surface area contributed by atoms with Crippen LogP contribution in [0.2, 0.25) is 0 Å². The van der Waals surface area contributed by atoms with E-state index in [1.54, 1.807) is 12.1 Å². The van der Waals surface area contributed by atoms with Gasteiger partial charge < -0.3 is 44.7 Å². The lowest BCUT2D eigenvalue weighted by molar-refractivity contribution is -0.287. The highest BCUT2D eigenvalue weighted by atomic mass is 16.7. The number of amides is 1. The second-order valence-corrected chi connectivity index (χ2v) is 9.87. The normalized spacial score (nSPS) is 22.8. The third-order valence-corrected chi connectivity index (χ3v) is 6.12. The number of hydrogen-bond donors (Lipinski definition) is 5. The van der Waals surface area contributed by atoms with Crippen LogP contribution in [0, 0.1) is 5.92 Å². The zero-order valence-electron chi connectivity index (χ0n) is 23.2. The summed E-state index contributed by atoms with van der Waals surface area (Å²) in [5.74, 6) is -0.623. The van der Waals surface area contributed by atoms with Gasteiger partial charge in [0.15, 0.2) is 17.8 Å². The predicted molar refractivity (Wildman–Crippen MR) is 142 cm³/mol. The van der Waals surface area contributed by atoms with Gasteiger partial charge in [0.2, 0.25) is 5.91 Å². The number of ether oxygens (including phenoxy) is 4. The summed E-state index contributed by atoms with van der Waals surface area (Å²) < 4.78 is 20.5. The van der Waals surface area contributed by atoms with Gasteiger partial charge in [0, 0.05) is 13.0 Å². The van der Waals surface area contributed by atoms with Crippen LogP contribution in [-0.2, 0) is 30.4 Å². The van der Waals surface area contributed by atoms with E-state index in [4.69, 9.17) is 18.9 Å². The predicted octanol–water partition coefficient (Wildman–Crippen LogP) is 1.11. The molecule has 0 saturated carbocycles. The van der Waals surface area contributed by atoms with Crippen LogP contribution in [0.4, 0.5) is 0 Å². The van der Waals surface area contributed by atoms with Crippen LogP contribution in [0.25, 0.3) is 0 Å². The quantitative estimate of drug-likeness (QED) is 0.0886. The maximum absolute atomic E-state index is 12.3. The lowest BCUT2D eigenvalue weighted by Crippen LogP contribution is -2.58. The first-order valence-electron chi connectivity index (χ1n) is 13.4. The van der Waals surface area contributed by atoms with Crippen LogP contribution in [0.15, 0.2) is 30.4 Å². The molecule has 1 aliphatic rings. The second kappa shape index (κ2) is 16.9. The molecule has 1 saturated heterocycles. The van der Waals surface area contributed by atoms with Gasteiger partial charge in [-0.2, -0.15) is 0 Å². The van der Waals surface area contributed by atoms with Gasteiger partial charge in [0.25, 0.3) is 0 Å². The number of benzene rings is 1. The van der Waals surface area contributed by atoms with Crippen LogP contribution in [0.3, 0.4) is 0 Å². The van der Waals surface area contributed by atoms with Crippen LogP contribution in [0.5, 0.6) is 11.5 Å². The first-order chi connectivity index (χ1) is 19.0. The van der Waals surface area contributed by atoms with Gasteiger partial charge in [-0.3, -0.25) is 14.4 Å². The van der Waals surface area contributed by atoms with E-state index >= 15 is 0 Å². The molecule has 1 fully saturated rings. The largest absolute Gasteiger partial charge is 0.493 e. The highest BCUT2D eigenvalue weighted by Crippen LogP contribution is 2.28. The highest BCUT2D eigenvalue weighted by Gasteiger charge is 2.43. The number of esters is 2. The number of hydrogen-bond acceptors (Lipinski definition) is 11. The minimum Gasteiger partial charge on any atom is -0.493 e. The summed E-state index contributed by atoms with van der Waals surface area (Å²) in [6.45, 7) is 4.02. The molecule has 1 aliphatic heterocycles. The van der Waals surface area contributed by atoms with Crippen molar-refractivity contribution in [3.8, 4) is 11.5 Å². The van der Waals surface area contributed by atoms with E-state index in [0.29, 0.717) is 12.3 Å². The van der Waals surface area contributed by atoms with E-state index in [0.717, 1.165) is 24.8 Å². The van der Waals surface area contributed by atoms with Crippen LogP contribution >= 0.6 is 0 Å². The lowest BCUT2D eigenvalue weighted by atomic mass is 9.99. The Hall–Kier alpha value is -3.03. The summed E-state index contributed by atoms with van der Waals surface area (Å²) in [4.78, 5) is 36.4. The van der Waals surface area contributed by atoms with Gasteiger partial charge in [-0.25, -0.2) is 0 Å². The molecule has 224 valence electrons. The average Bonchev–Trinajstić information content (AvgIpc) is 2.93. The number of rotatable bonds is 15. The zero-order chi connectivity index (χ0) is 29.7. The molecule has 5 N–H and O–H groups in total. The van der Waals surface area contributed by atoms with Crippen molar-refractivity contribution in [3.63, 3.8) is 0 Å². The lowest BCUT2D eigenvalue weighted by Gasteiger charge is -2.37. The van der Waals surface area contributed by atoms with Gasteiger partial charge in [0.05, 0.1) is 20.0 Å². The van der Waals surface area contributed by atoms with Crippen molar-refractivity contribution in [1.82, 2.24) is 5.32 Å². The number of aliphatic hydroxyl groups is 4. The van der Waals surface area contributed by atoms with Gasteiger partial charge in [-0.15, -0.1) is 0 Å². The molecule has 40 heavy (non-hydrogen) atoms. The van der Waals surface area contributed by atoms with Gasteiger partial charge in [-0.05, 0) is 42.9 Å². The molecule has 12 heteroatoms. The number of methoxy groups -OCH3 is 1. The molecule has 0 radical (unpaired) electrons. The Morgan fingerprint density at radius 2 is 1.70 bits per heavy atom. The number of carbonyl (C=O) groups excluding carboxylic acids is 3. The fraction of sp³-hybridized carbons (Fsp3) is 0.607. The summed E-state index contributed by atoms with van der Waals surface area (Å²) in [7, 11) is 1.41. The summed E-state index contributed by atoms with van der Waals surface area (Å²) in [6.07, 6.45) is -1.19. The smallest absolute Gasteiger partial charge is 0.311 e. The van der Waals surface area contributed by atoms with E-state index in [1.165, 1.54) is 13.2 Å². The number of unbranched alkanes of at least 4 members (excludes halogenated alkanes) is 2. The highest BCUT2D eigenvalue weighted by molar-refractivity contribution is 5.79. The second-order valence-electron chi connectivity index (χ2n) is 9.87. The molecule has 1 heterocycles. The summed E-state index contributed by atoms with van der Waals surface area (Å²) in [5, 5.41) is 41.4. The number of carbonyl (C=O) groups is 3. The maximum atomic E-state index is 12.3.